The predicted octanol–water partition coefficient (Wildman–Crippen LogP) is 4.23. The second kappa shape index (κ2) is 5.38. The van der Waals surface area contributed by atoms with E-state index < -0.39 is 0 Å². The van der Waals surface area contributed by atoms with Crippen LogP contribution >= 0.6 is 0 Å². The van der Waals surface area contributed by atoms with E-state index in [4.69, 9.17) is 0 Å². The van der Waals surface area contributed by atoms with Crippen molar-refractivity contribution in [1.82, 2.24) is 4.98 Å². The van der Waals surface area contributed by atoms with E-state index in [-0.39, 0.29) is 0 Å². The number of benzene rings is 1. The highest BCUT2D eigenvalue weighted by Gasteiger charge is 2.13. The van der Waals surface area contributed by atoms with Crippen LogP contribution in [0.15, 0.2) is 36.4 Å². The average molecular weight is 240 g/mol. The molecule has 0 atom stereocenters. The minimum absolute atomic E-state index is 0.943. The molecule has 1 heterocycles. The number of para-hydroxylation sites is 1. The Morgan fingerprint density at radius 2 is 1.89 bits per heavy atom. The summed E-state index contributed by atoms with van der Waals surface area (Å²) in [6.45, 7) is 1.05. The van der Waals surface area contributed by atoms with E-state index in [9.17, 15) is 0 Å². The Hall–Kier alpha value is -1.57. The van der Waals surface area contributed by atoms with Crippen LogP contribution in [0.1, 0.15) is 32.1 Å². The lowest BCUT2D eigenvalue weighted by Gasteiger charge is -2.10. The SMILES string of the molecule is c1ccc2nc(NCCC3CCCC3)ccc2c1. The van der Waals surface area contributed by atoms with Crippen molar-refractivity contribution in [3.63, 3.8) is 0 Å². The summed E-state index contributed by atoms with van der Waals surface area (Å²) in [5, 5.41) is 4.66. The number of hydrogen-bond acceptors (Lipinski definition) is 2. The van der Waals surface area contributed by atoms with Gasteiger partial charge in [-0.15, -0.1) is 0 Å². The normalized spacial score (nSPS) is 16.2. The Kier molecular flexibility index (Phi) is 3.44. The van der Waals surface area contributed by atoms with Gasteiger partial charge < -0.3 is 5.32 Å². The first-order chi connectivity index (χ1) is 8.92. The van der Waals surface area contributed by atoms with Gasteiger partial charge in [0.1, 0.15) is 5.82 Å². The summed E-state index contributed by atoms with van der Waals surface area (Å²) in [6, 6.07) is 12.5. The van der Waals surface area contributed by atoms with Gasteiger partial charge in [-0.25, -0.2) is 4.98 Å². The monoisotopic (exact) mass is 240 g/mol. The Morgan fingerprint density at radius 3 is 2.78 bits per heavy atom. The Bertz CT molecular complexity index is 515. The summed E-state index contributed by atoms with van der Waals surface area (Å²) in [5.41, 5.74) is 1.07. The molecular weight excluding hydrogens is 220 g/mol. The molecule has 0 spiro atoms. The smallest absolute Gasteiger partial charge is 0.126 e. The van der Waals surface area contributed by atoms with Crippen LogP contribution in [0.2, 0.25) is 0 Å². The van der Waals surface area contributed by atoms with E-state index in [1.54, 1.807) is 0 Å². The molecule has 1 N–H and O–H groups in total. The van der Waals surface area contributed by atoms with Crippen molar-refractivity contribution in [1.29, 1.82) is 0 Å². The molecule has 2 aromatic rings. The van der Waals surface area contributed by atoms with E-state index in [0.717, 1.165) is 23.8 Å². The molecule has 0 bridgehead atoms. The molecule has 2 heteroatoms. The fourth-order valence-corrected chi connectivity index (χ4v) is 2.87. The number of hydrogen-bond donors (Lipinski definition) is 1. The molecule has 1 fully saturated rings. The van der Waals surface area contributed by atoms with Gasteiger partial charge in [0.05, 0.1) is 5.52 Å². The molecule has 0 saturated heterocycles. The summed E-state index contributed by atoms with van der Waals surface area (Å²) >= 11 is 0. The molecule has 94 valence electrons. The lowest BCUT2D eigenvalue weighted by Crippen LogP contribution is -2.07. The molecule has 18 heavy (non-hydrogen) atoms. The number of anilines is 1. The lowest BCUT2D eigenvalue weighted by atomic mass is 10.0. The van der Waals surface area contributed by atoms with Gasteiger partial charge in [-0.2, -0.15) is 0 Å². The zero-order chi connectivity index (χ0) is 12.2. The van der Waals surface area contributed by atoms with Gasteiger partial charge in [-0.05, 0) is 30.5 Å². The first kappa shape index (κ1) is 11.5. The van der Waals surface area contributed by atoms with Crippen molar-refractivity contribution >= 4 is 16.7 Å². The summed E-state index contributed by atoms with van der Waals surface area (Å²) in [5.74, 6) is 1.95. The highest BCUT2D eigenvalue weighted by atomic mass is 15.0. The Balaban J connectivity index is 1.60. The number of fused-ring (bicyclic) bond motifs is 1. The number of aromatic nitrogens is 1. The number of pyridine rings is 1. The molecule has 1 aromatic carbocycles. The van der Waals surface area contributed by atoms with Crippen molar-refractivity contribution in [3.05, 3.63) is 36.4 Å². The van der Waals surface area contributed by atoms with Crippen molar-refractivity contribution in [2.75, 3.05) is 11.9 Å². The fraction of sp³-hybridized carbons (Fsp3) is 0.438. The first-order valence-corrected chi connectivity index (χ1v) is 7.01. The molecule has 1 aromatic heterocycles. The summed E-state index contributed by atoms with van der Waals surface area (Å²) in [6.07, 6.45) is 6.99. The van der Waals surface area contributed by atoms with Crippen LogP contribution in [0.3, 0.4) is 0 Å². The van der Waals surface area contributed by atoms with Crippen LogP contribution < -0.4 is 5.32 Å². The minimum atomic E-state index is 0.943. The van der Waals surface area contributed by atoms with E-state index in [2.05, 4.69) is 40.6 Å². The van der Waals surface area contributed by atoms with Crippen LogP contribution in [0.5, 0.6) is 0 Å². The van der Waals surface area contributed by atoms with Crippen LogP contribution in [-0.2, 0) is 0 Å². The Morgan fingerprint density at radius 1 is 1.06 bits per heavy atom. The van der Waals surface area contributed by atoms with Gasteiger partial charge in [0.2, 0.25) is 0 Å². The van der Waals surface area contributed by atoms with E-state index >= 15 is 0 Å². The molecule has 2 nitrogen and oxygen atoms in total. The lowest BCUT2D eigenvalue weighted by molar-refractivity contribution is 0.518. The topological polar surface area (TPSA) is 24.9 Å². The standard InChI is InChI=1S/C16H20N2/c1-2-6-13(5-1)11-12-17-16-10-9-14-7-3-4-8-15(14)18-16/h3-4,7-10,13H,1-2,5-6,11-12H2,(H,17,18). The van der Waals surface area contributed by atoms with Crippen molar-refractivity contribution in [2.24, 2.45) is 5.92 Å². The molecule has 3 rings (SSSR count). The predicted molar refractivity (Wildman–Crippen MR) is 76.8 cm³/mol. The summed E-state index contributed by atoms with van der Waals surface area (Å²) in [7, 11) is 0. The highest BCUT2D eigenvalue weighted by molar-refractivity contribution is 5.79. The van der Waals surface area contributed by atoms with Crippen LogP contribution in [0, 0.1) is 5.92 Å². The van der Waals surface area contributed by atoms with Crippen LogP contribution in [0.4, 0.5) is 5.82 Å². The van der Waals surface area contributed by atoms with Crippen molar-refractivity contribution < 1.29 is 0 Å². The fourth-order valence-electron chi connectivity index (χ4n) is 2.87. The number of rotatable bonds is 4. The largest absolute Gasteiger partial charge is 0.370 e. The van der Waals surface area contributed by atoms with E-state index in [0.29, 0.717) is 0 Å². The minimum Gasteiger partial charge on any atom is -0.370 e. The average Bonchev–Trinajstić information content (AvgIpc) is 2.92. The van der Waals surface area contributed by atoms with Gasteiger partial charge in [0.25, 0.3) is 0 Å². The van der Waals surface area contributed by atoms with Gasteiger partial charge in [0, 0.05) is 11.9 Å². The third kappa shape index (κ3) is 2.63. The van der Waals surface area contributed by atoms with Crippen LogP contribution in [-0.4, -0.2) is 11.5 Å². The quantitative estimate of drug-likeness (QED) is 0.865. The molecule has 0 aliphatic heterocycles. The maximum atomic E-state index is 4.63. The molecule has 1 aliphatic carbocycles. The maximum Gasteiger partial charge on any atom is 0.126 e. The van der Waals surface area contributed by atoms with Crippen molar-refractivity contribution in [2.45, 2.75) is 32.1 Å². The van der Waals surface area contributed by atoms with Gasteiger partial charge in [-0.3, -0.25) is 0 Å². The number of nitrogens with one attached hydrogen (secondary N) is 1. The second-order valence-electron chi connectivity index (χ2n) is 5.26. The maximum absolute atomic E-state index is 4.63. The molecule has 1 saturated carbocycles. The van der Waals surface area contributed by atoms with Gasteiger partial charge in [-0.1, -0.05) is 43.9 Å². The zero-order valence-corrected chi connectivity index (χ0v) is 10.7. The summed E-state index contributed by atoms with van der Waals surface area (Å²) in [4.78, 5) is 4.63. The van der Waals surface area contributed by atoms with Crippen molar-refractivity contribution in [3.8, 4) is 0 Å². The van der Waals surface area contributed by atoms with E-state index in [1.807, 2.05) is 6.07 Å². The molecule has 0 amide bonds. The summed E-state index contributed by atoms with van der Waals surface area (Å²) < 4.78 is 0. The molecule has 0 radical (unpaired) electrons. The zero-order valence-electron chi connectivity index (χ0n) is 10.7. The van der Waals surface area contributed by atoms with Crippen LogP contribution in [0.25, 0.3) is 10.9 Å². The first-order valence-electron chi connectivity index (χ1n) is 7.01. The molecular formula is C16H20N2. The third-order valence-electron chi connectivity index (χ3n) is 3.93. The highest BCUT2D eigenvalue weighted by Crippen LogP contribution is 2.27. The Labute approximate surface area is 108 Å². The third-order valence-corrected chi connectivity index (χ3v) is 3.93. The van der Waals surface area contributed by atoms with Gasteiger partial charge in [0.15, 0.2) is 0 Å². The molecule has 1 aliphatic rings. The number of nitrogens with zero attached hydrogens (tertiary/aromatic N) is 1. The van der Waals surface area contributed by atoms with E-state index in [1.165, 1.54) is 37.5 Å². The second-order valence-corrected chi connectivity index (χ2v) is 5.26. The molecule has 0 unspecified atom stereocenters. The van der Waals surface area contributed by atoms with Gasteiger partial charge >= 0.3 is 0 Å².